The highest BCUT2D eigenvalue weighted by Crippen LogP contribution is 2.39. The summed E-state index contributed by atoms with van der Waals surface area (Å²) in [5.74, 6) is 1.93. The molecule has 2 N–H and O–H groups in total. The Morgan fingerprint density at radius 3 is 2.14 bits per heavy atom. The van der Waals surface area contributed by atoms with Gasteiger partial charge in [0.25, 0.3) is 0 Å². The van der Waals surface area contributed by atoms with Crippen molar-refractivity contribution in [3.8, 4) is 28.0 Å². The van der Waals surface area contributed by atoms with Gasteiger partial charge in [0.1, 0.15) is 5.75 Å². The average molecular weight is 669 g/mol. The number of aryl methyl sites for hydroxylation is 1. The first kappa shape index (κ1) is 38.4. The van der Waals surface area contributed by atoms with E-state index in [1.54, 1.807) is 6.92 Å². The van der Waals surface area contributed by atoms with E-state index in [-0.39, 0.29) is 19.8 Å². The first-order chi connectivity index (χ1) is 23.8. The van der Waals surface area contributed by atoms with Crippen molar-refractivity contribution in [1.29, 1.82) is 0 Å². The fourth-order valence-corrected chi connectivity index (χ4v) is 7.21. The first-order valence-electron chi connectivity index (χ1n) is 18.8. The zero-order valence-corrected chi connectivity index (χ0v) is 30.6. The summed E-state index contributed by atoms with van der Waals surface area (Å²) in [5, 5.41) is 19.8. The summed E-state index contributed by atoms with van der Waals surface area (Å²) in [4.78, 5) is 12.1. The van der Waals surface area contributed by atoms with Gasteiger partial charge in [-0.15, -0.1) is 0 Å². The number of carbonyl (C=O) groups excluding carboxylic acids is 1. The van der Waals surface area contributed by atoms with Gasteiger partial charge < -0.3 is 19.7 Å². The molecule has 0 saturated heterocycles. The van der Waals surface area contributed by atoms with Crippen molar-refractivity contribution in [3.63, 3.8) is 0 Å². The Bertz CT molecular complexity index is 1470. The van der Waals surface area contributed by atoms with Crippen LogP contribution in [0.2, 0.25) is 0 Å². The minimum Gasteiger partial charge on any atom is -0.493 e. The van der Waals surface area contributed by atoms with Crippen molar-refractivity contribution in [2.45, 2.75) is 111 Å². The third kappa shape index (κ3) is 10.5. The highest BCUT2D eigenvalue weighted by Gasteiger charge is 2.27. The SMILES string of the molecule is C=C(C)C(=O)OCCc1cc(-c2ccc(-c3ccc(C4CCC(CCCCC)CC4)cc3)cc2CC)ccc1OCCC(CC)(CO)CO. The second kappa shape index (κ2) is 19.1. The fraction of sp³-hybridized carbons (Fsp3) is 0.523. The topological polar surface area (TPSA) is 76.0 Å². The maximum absolute atomic E-state index is 12.1. The molecule has 0 atom stereocenters. The van der Waals surface area contributed by atoms with Crippen LogP contribution in [-0.2, 0) is 22.4 Å². The minimum atomic E-state index is -0.567. The Labute approximate surface area is 295 Å². The Kier molecular flexibility index (Phi) is 15.0. The Morgan fingerprint density at radius 2 is 1.51 bits per heavy atom. The molecule has 3 aromatic rings. The molecule has 0 bridgehead atoms. The number of aliphatic hydroxyl groups is 2. The summed E-state index contributed by atoms with van der Waals surface area (Å²) in [6, 6.07) is 22.3. The molecule has 0 amide bonds. The third-order valence-electron chi connectivity index (χ3n) is 10.9. The number of benzene rings is 3. The zero-order chi connectivity index (χ0) is 35.2. The number of esters is 1. The molecule has 3 aromatic carbocycles. The Morgan fingerprint density at radius 1 is 0.837 bits per heavy atom. The van der Waals surface area contributed by atoms with Crippen LogP contribution in [0.3, 0.4) is 0 Å². The normalized spacial score (nSPS) is 16.4. The van der Waals surface area contributed by atoms with Gasteiger partial charge in [-0.25, -0.2) is 4.79 Å². The van der Waals surface area contributed by atoms with E-state index in [2.05, 4.69) is 75.0 Å². The first-order valence-corrected chi connectivity index (χ1v) is 18.8. The molecule has 0 unspecified atom stereocenters. The third-order valence-corrected chi connectivity index (χ3v) is 10.9. The molecule has 0 aliphatic heterocycles. The quantitative estimate of drug-likeness (QED) is 0.0755. The molecule has 49 heavy (non-hydrogen) atoms. The summed E-state index contributed by atoms with van der Waals surface area (Å²) in [6.07, 6.45) is 13.5. The van der Waals surface area contributed by atoms with E-state index in [0.717, 1.165) is 29.2 Å². The smallest absolute Gasteiger partial charge is 0.333 e. The van der Waals surface area contributed by atoms with Gasteiger partial charge in [0, 0.05) is 17.4 Å². The molecule has 1 aliphatic carbocycles. The molecule has 266 valence electrons. The van der Waals surface area contributed by atoms with Crippen molar-refractivity contribution < 1.29 is 24.5 Å². The van der Waals surface area contributed by atoms with Crippen LogP contribution in [0.1, 0.15) is 115 Å². The van der Waals surface area contributed by atoms with Crippen LogP contribution >= 0.6 is 0 Å². The highest BCUT2D eigenvalue weighted by atomic mass is 16.5. The molecular formula is C44H60O5. The summed E-state index contributed by atoms with van der Waals surface area (Å²) in [5.41, 5.74) is 8.25. The molecule has 5 heteroatoms. The molecule has 0 spiro atoms. The van der Waals surface area contributed by atoms with E-state index in [4.69, 9.17) is 9.47 Å². The highest BCUT2D eigenvalue weighted by molar-refractivity contribution is 5.86. The molecule has 1 fully saturated rings. The lowest BCUT2D eigenvalue weighted by atomic mass is 9.77. The lowest BCUT2D eigenvalue weighted by Crippen LogP contribution is -2.31. The van der Waals surface area contributed by atoms with Crippen LogP contribution in [0.4, 0.5) is 0 Å². The van der Waals surface area contributed by atoms with Gasteiger partial charge in [0.15, 0.2) is 0 Å². The van der Waals surface area contributed by atoms with Crippen molar-refractivity contribution in [1.82, 2.24) is 0 Å². The van der Waals surface area contributed by atoms with Gasteiger partial charge in [0.2, 0.25) is 0 Å². The lowest BCUT2D eigenvalue weighted by molar-refractivity contribution is -0.138. The van der Waals surface area contributed by atoms with Crippen LogP contribution in [0.25, 0.3) is 22.3 Å². The van der Waals surface area contributed by atoms with Crippen LogP contribution in [0.5, 0.6) is 5.75 Å². The van der Waals surface area contributed by atoms with E-state index in [0.29, 0.717) is 37.4 Å². The Hall–Kier alpha value is -3.41. The van der Waals surface area contributed by atoms with Crippen LogP contribution in [0, 0.1) is 11.3 Å². The second-order valence-corrected chi connectivity index (χ2v) is 14.3. The molecule has 4 rings (SSSR count). The summed E-state index contributed by atoms with van der Waals surface area (Å²) in [6.45, 7) is 12.2. The maximum atomic E-state index is 12.1. The molecule has 0 radical (unpaired) electrons. The number of ether oxygens (including phenoxy) is 2. The number of aliphatic hydroxyl groups excluding tert-OH is 2. The molecule has 0 aromatic heterocycles. The largest absolute Gasteiger partial charge is 0.493 e. The van der Waals surface area contributed by atoms with Crippen LogP contribution < -0.4 is 4.74 Å². The standard InChI is InChI=1S/C44H60O5/c1-6-9-10-11-33-12-14-35(15-13-33)36-16-18-37(19-17-36)38-20-22-41(34(7-2)28-38)39-21-23-42(48-27-25-44(8-3,30-45)31-46)40(29-39)24-26-49-43(47)32(4)5/h16-23,28-29,33,35,45-46H,4,6-15,24-27,30-31H2,1-3,5H3. The van der Waals surface area contributed by atoms with Gasteiger partial charge in [-0.2, -0.15) is 0 Å². The van der Waals surface area contributed by atoms with Crippen molar-refractivity contribution in [2.75, 3.05) is 26.4 Å². The number of unbranched alkanes of at least 4 members (excludes halogenated alkanes) is 2. The van der Waals surface area contributed by atoms with Crippen LogP contribution in [0.15, 0.2) is 72.8 Å². The number of carbonyl (C=O) groups is 1. The molecule has 0 heterocycles. The van der Waals surface area contributed by atoms with E-state index >= 15 is 0 Å². The molecule has 5 nitrogen and oxygen atoms in total. The number of hydrogen-bond donors (Lipinski definition) is 2. The summed E-state index contributed by atoms with van der Waals surface area (Å²) in [7, 11) is 0. The Balaban J connectivity index is 1.49. The lowest BCUT2D eigenvalue weighted by Gasteiger charge is -2.29. The molecule has 1 aliphatic rings. The van der Waals surface area contributed by atoms with Crippen molar-refractivity contribution in [2.24, 2.45) is 11.3 Å². The summed E-state index contributed by atoms with van der Waals surface area (Å²) < 4.78 is 11.7. The van der Waals surface area contributed by atoms with Gasteiger partial charge >= 0.3 is 5.97 Å². The number of hydrogen-bond acceptors (Lipinski definition) is 5. The van der Waals surface area contributed by atoms with E-state index in [9.17, 15) is 15.0 Å². The average Bonchev–Trinajstić information content (AvgIpc) is 3.14. The van der Waals surface area contributed by atoms with Crippen LogP contribution in [-0.4, -0.2) is 42.6 Å². The fourth-order valence-electron chi connectivity index (χ4n) is 7.21. The molecule has 1 saturated carbocycles. The predicted octanol–water partition coefficient (Wildman–Crippen LogP) is 10.2. The zero-order valence-electron chi connectivity index (χ0n) is 30.6. The van der Waals surface area contributed by atoms with Gasteiger partial charge in [-0.1, -0.05) is 102 Å². The van der Waals surface area contributed by atoms with Crippen molar-refractivity contribution >= 4 is 5.97 Å². The monoisotopic (exact) mass is 668 g/mol. The number of rotatable bonds is 19. The summed E-state index contributed by atoms with van der Waals surface area (Å²) >= 11 is 0. The predicted molar refractivity (Wildman–Crippen MR) is 202 cm³/mol. The van der Waals surface area contributed by atoms with Gasteiger partial charge in [0.05, 0.1) is 26.4 Å². The maximum Gasteiger partial charge on any atom is 0.333 e. The van der Waals surface area contributed by atoms with Crippen molar-refractivity contribution in [3.05, 3.63) is 89.5 Å². The van der Waals surface area contributed by atoms with E-state index < -0.39 is 11.4 Å². The molecular weight excluding hydrogens is 608 g/mol. The van der Waals surface area contributed by atoms with Gasteiger partial charge in [-0.05, 0) is 115 Å². The van der Waals surface area contributed by atoms with E-state index in [1.807, 2.05) is 13.0 Å². The second-order valence-electron chi connectivity index (χ2n) is 14.3. The van der Waals surface area contributed by atoms with E-state index in [1.165, 1.54) is 79.2 Å². The minimum absolute atomic E-state index is 0.0912. The van der Waals surface area contributed by atoms with Gasteiger partial charge in [-0.3, -0.25) is 0 Å².